The Labute approximate surface area is 118 Å². The minimum absolute atomic E-state index is 0.0138. The van der Waals surface area contributed by atoms with Crippen molar-refractivity contribution in [3.63, 3.8) is 0 Å². The number of ether oxygens (including phenoxy) is 1. The van der Waals surface area contributed by atoms with E-state index < -0.39 is 0 Å². The maximum atomic E-state index is 12.1. The molecule has 1 unspecified atom stereocenters. The summed E-state index contributed by atoms with van der Waals surface area (Å²) in [6, 6.07) is -0.0138. The number of nitrogens with one attached hydrogen (secondary N) is 1. The molecule has 1 aromatic rings. The molecule has 0 aromatic carbocycles. The van der Waals surface area contributed by atoms with Crippen molar-refractivity contribution in [2.24, 2.45) is 5.92 Å². The topological polar surface area (TPSA) is 54.5 Å². The van der Waals surface area contributed by atoms with E-state index in [2.05, 4.69) is 10.3 Å². The number of hydrogen-bond donors (Lipinski definition) is 1. The summed E-state index contributed by atoms with van der Waals surface area (Å²) in [5, 5.41) is 5.94. The predicted octanol–water partition coefficient (Wildman–Crippen LogP) is 2.02. The molecule has 0 spiro atoms. The fraction of sp³-hybridized carbons (Fsp3) is 0.692. The molecular weight excluding hydrogens is 262 g/mol. The Morgan fingerprint density at radius 1 is 1.68 bits per heavy atom. The Morgan fingerprint density at radius 3 is 3.11 bits per heavy atom. The van der Waals surface area contributed by atoms with Gasteiger partial charge in [-0.3, -0.25) is 0 Å². The van der Waals surface area contributed by atoms with Crippen LogP contribution in [0.25, 0.3) is 0 Å². The van der Waals surface area contributed by atoms with Gasteiger partial charge in [-0.25, -0.2) is 9.78 Å². The zero-order chi connectivity index (χ0) is 13.7. The van der Waals surface area contributed by atoms with Crippen molar-refractivity contribution in [1.29, 1.82) is 0 Å². The number of carbonyl (C=O) groups excluding carboxylic acids is 1. The van der Waals surface area contributed by atoms with E-state index in [0.717, 1.165) is 43.4 Å². The smallest absolute Gasteiger partial charge is 0.317 e. The molecule has 0 radical (unpaired) electrons. The van der Waals surface area contributed by atoms with Crippen molar-refractivity contribution >= 4 is 17.4 Å². The zero-order valence-corrected chi connectivity index (χ0v) is 12.3. The molecule has 19 heavy (non-hydrogen) atoms. The van der Waals surface area contributed by atoms with Crippen LogP contribution in [0.2, 0.25) is 0 Å². The zero-order valence-electron chi connectivity index (χ0n) is 11.5. The first-order valence-electron chi connectivity index (χ1n) is 6.70. The number of aryl methyl sites for hydroxylation is 1. The van der Waals surface area contributed by atoms with E-state index >= 15 is 0 Å². The number of carbonyl (C=O) groups is 1. The number of amides is 2. The number of hydrogen-bond acceptors (Lipinski definition) is 4. The quantitative estimate of drug-likeness (QED) is 0.899. The molecule has 2 rings (SSSR count). The maximum Gasteiger partial charge on any atom is 0.317 e. The van der Waals surface area contributed by atoms with Crippen LogP contribution in [0.1, 0.15) is 24.0 Å². The van der Waals surface area contributed by atoms with Gasteiger partial charge >= 0.3 is 6.03 Å². The lowest BCUT2D eigenvalue weighted by Gasteiger charge is -2.23. The molecule has 1 aliphatic heterocycles. The summed E-state index contributed by atoms with van der Waals surface area (Å²) >= 11 is 1.60. The number of nitrogens with zero attached hydrogens (tertiary/aromatic N) is 2. The molecule has 0 bridgehead atoms. The highest BCUT2D eigenvalue weighted by molar-refractivity contribution is 7.09. The highest BCUT2D eigenvalue weighted by Crippen LogP contribution is 2.14. The fourth-order valence-corrected chi connectivity index (χ4v) is 2.77. The van der Waals surface area contributed by atoms with Gasteiger partial charge in [-0.1, -0.05) is 0 Å². The van der Waals surface area contributed by atoms with Gasteiger partial charge < -0.3 is 15.0 Å². The van der Waals surface area contributed by atoms with Crippen LogP contribution in [-0.4, -0.2) is 42.2 Å². The molecule has 1 saturated heterocycles. The first kappa shape index (κ1) is 14.3. The summed E-state index contributed by atoms with van der Waals surface area (Å²) in [7, 11) is 0. The Hall–Kier alpha value is -1.14. The van der Waals surface area contributed by atoms with Crippen LogP contribution in [0.5, 0.6) is 0 Å². The number of aromatic nitrogens is 1. The second kappa shape index (κ2) is 6.86. The maximum absolute atomic E-state index is 12.1. The lowest BCUT2D eigenvalue weighted by molar-refractivity contribution is 0.166. The van der Waals surface area contributed by atoms with Crippen LogP contribution in [-0.2, 0) is 11.3 Å². The predicted molar refractivity (Wildman–Crippen MR) is 75.3 cm³/mol. The molecule has 1 N–H and O–H groups in total. The van der Waals surface area contributed by atoms with Gasteiger partial charge in [0.2, 0.25) is 0 Å². The minimum atomic E-state index is -0.0138. The van der Waals surface area contributed by atoms with Crippen molar-refractivity contribution < 1.29 is 9.53 Å². The van der Waals surface area contributed by atoms with Crippen molar-refractivity contribution in [2.45, 2.75) is 26.8 Å². The second-order valence-electron chi connectivity index (χ2n) is 4.78. The molecule has 1 atom stereocenters. The van der Waals surface area contributed by atoms with Gasteiger partial charge in [0.05, 0.1) is 23.9 Å². The minimum Gasteiger partial charge on any atom is -0.381 e. The monoisotopic (exact) mass is 283 g/mol. The van der Waals surface area contributed by atoms with Crippen molar-refractivity contribution in [1.82, 2.24) is 15.2 Å². The van der Waals surface area contributed by atoms with Gasteiger partial charge in [0.25, 0.3) is 0 Å². The van der Waals surface area contributed by atoms with Crippen molar-refractivity contribution in [3.8, 4) is 0 Å². The highest BCUT2D eigenvalue weighted by Gasteiger charge is 2.21. The number of urea groups is 1. The SMILES string of the molecule is CCN(CC1CCOC1)C(=O)NCc1csc(C)n1. The first-order valence-corrected chi connectivity index (χ1v) is 7.58. The Kier molecular flexibility index (Phi) is 5.15. The lowest BCUT2D eigenvalue weighted by atomic mass is 10.1. The van der Waals surface area contributed by atoms with E-state index in [0.29, 0.717) is 12.5 Å². The van der Waals surface area contributed by atoms with Gasteiger partial charge in [-0.2, -0.15) is 0 Å². The van der Waals surface area contributed by atoms with E-state index in [1.807, 2.05) is 24.1 Å². The molecule has 1 fully saturated rings. The molecule has 0 saturated carbocycles. The van der Waals surface area contributed by atoms with Crippen LogP contribution < -0.4 is 5.32 Å². The second-order valence-corrected chi connectivity index (χ2v) is 5.85. The third kappa shape index (κ3) is 4.18. The van der Waals surface area contributed by atoms with Crippen LogP contribution in [0.15, 0.2) is 5.38 Å². The third-order valence-corrected chi connectivity index (χ3v) is 4.08. The van der Waals surface area contributed by atoms with Crippen LogP contribution in [0, 0.1) is 12.8 Å². The van der Waals surface area contributed by atoms with Gasteiger partial charge in [0, 0.05) is 31.0 Å². The van der Waals surface area contributed by atoms with Crippen LogP contribution in [0.4, 0.5) is 4.79 Å². The molecular formula is C13H21N3O2S. The van der Waals surface area contributed by atoms with Crippen molar-refractivity contribution in [2.75, 3.05) is 26.3 Å². The molecule has 2 amide bonds. The standard InChI is InChI=1S/C13H21N3O2S/c1-3-16(7-11-4-5-18-8-11)13(17)14-6-12-9-19-10(2)15-12/h9,11H,3-8H2,1-2H3,(H,14,17). The van der Waals surface area contributed by atoms with E-state index in [9.17, 15) is 4.79 Å². The largest absolute Gasteiger partial charge is 0.381 e. The molecule has 6 heteroatoms. The molecule has 5 nitrogen and oxygen atoms in total. The molecule has 2 heterocycles. The summed E-state index contributed by atoms with van der Waals surface area (Å²) < 4.78 is 5.35. The Bertz CT molecular complexity index is 416. The normalized spacial score (nSPS) is 18.5. The average molecular weight is 283 g/mol. The summed E-state index contributed by atoms with van der Waals surface area (Å²) in [5.41, 5.74) is 0.927. The van der Waals surface area contributed by atoms with E-state index in [-0.39, 0.29) is 6.03 Å². The van der Waals surface area contributed by atoms with E-state index in [1.165, 1.54) is 0 Å². The average Bonchev–Trinajstić information content (AvgIpc) is 3.04. The van der Waals surface area contributed by atoms with Crippen LogP contribution in [0.3, 0.4) is 0 Å². The Balaban J connectivity index is 1.79. The van der Waals surface area contributed by atoms with Gasteiger partial charge in [-0.15, -0.1) is 11.3 Å². The lowest BCUT2D eigenvalue weighted by Crippen LogP contribution is -2.42. The van der Waals surface area contributed by atoms with Gasteiger partial charge in [0.15, 0.2) is 0 Å². The van der Waals surface area contributed by atoms with E-state index in [4.69, 9.17) is 4.74 Å². The number of rotatable bonds is 5. The summed E-state index contributed by atoms with van der Waals surface area (Å²) in [4.78, 5) is 18.3. The summed E-state index contributed by atoms with van der Waals surface area (Å²) in [6.07, 6.45) is 1.05. The highest BCUT2D eigenvalue weighted by atomic mass is 32.1. The number of thiazole rings is 1. The van der Waals surface area contributed by atoms with Gasteiger partial charge in [0.1, 0.15) is 0 Å². The fourth-order valence-electron chi connectivity index (χ4n) is 2.16. The molecule has 106 valence electrons. The van der Waals surface area contributed by atoms with Crippen molar-refractivity contribution in [3.05, 3.63) is 16.1 Å². The molecule has 1 aliphatic rings. The molecule has 0 aliphatic carbocycles. The van der Waals surface area contributed by atoms with E-state index in [1.54, 1.807) is 11.3 Å². The first-order chi connectivity index (χ1) is 9.19. The Morgan fingerprint density at radius 2 is 2.53 bits per heavy atom. The van der Waals surface area contributed by atoms with Gasteiger partial charge in [-0.05, 0) is 20.3 Å². The summed E-state index contributed by atoms with van der Waals surface area (Å²) in [6.45, 7) is 7.56. The summed E-state index contributed by atoms with van der Waals surface area (Å²) in [5.74, 6) is 0.479. The molecule has 1 aromatic heterocycles. The van der Waals surface area contributed by atoms with Crippen LogP contribution >= 0.6 is 11.3 Å². The third-order valence-electron chi connectivity index (χ3n) is 3.26.